The molecule has 0 heterocycles. The third-order valence-corrected chi connectivity index (χ3v) is 9.32. The lowest BCUT2D eigenvalue weighted by Gasteiger charge is -2.54. The highest BCUT2D eigenvalue weighted by Crippen LogP contribution is 2.60. The van der Waals surface area contributed by atoms with E-state index < -0.39 is 0 Å². The number of nitrogens with zero attached hydrogens (tertiary/aromatic N) is 2. The molecule has 5 rings (SSSR count). The first-order valence-corrected chi connectivity index (χ1v) is 14.2. The molecule has 0 unspecified atom stereocenters. The van der Waals surface area contributed by atoms with Gasteiger partial charge >= 0.3 is 0 Å². The van der Waals surface area contributed by atoms with E-state index in [0.717, 1.165) is 72.9 Å². The monoisotopic (exact) mass is 532 g/mol. The second kappa shape index (κ2) is 11.2. The van der Waals surface area contributed by atoms with Crippen LogP contribution in [0.15, 0.2) is 34.8 Å². The van der Waals surface area contributed by atoms with Crippen LogP contribution in [0.3, 0.4) is 0 Å². The van der Waals surface area contributed by atoms with Crippen LogP contribution in [0.2, 0.25) is 0 Å². The van der Waals surface area contributed by atoms with E-state index >= 15 is 0 Å². The largest absolute Gasteiger partial charge is 0.492 e. The summed E-state index contributed by atoms with van der Waals surface area (Å²) in [5, 5.41) is 20.2. The molecule has 0 saturated heterocycles. The first kappa shape index (κ1) is 25.8. The van der Waals surface area contributed by atoms with Crippen molar-refractivity contribution in [3.8, 4) is 17.9 Å². The van der Waals surface area contributed by atoms with E-state index in [1.165, 1.54) is 37.7 Å². The van der Waals surface area contributed by atoms with E-state index in [9.17, 15) is 10.5 Å². The Morgan fingerprint density at radius 3 is 2.20 bits per heavy atom. The molecule has 0 aliphatic heterocycles. The van der Waals surface area contributed by atoms with Crippen LogP contribution >= 0.6 is 15.9 Å². The SMILES string of the molecule is CCCCOc1ccc(CCc2ccc(C34CCC(CCC)(CC3)CC4)c(C#N)c2C#N)cc1Br. The van der Waals surface area contributed by atoms with Crippen molar-refractivity contribution in [2.75, 3.05) is 6.61 Å². The lowest BCUT2D eigenvalue weighted by molar-refractivity contribution is 0.0319. The molecule has 0 spiro atoms. The highest BCUT2D eigenvalue weighted by molar-refractivity contribution is 9.10. The summed E-state index contributed by atoms with van der Waals surface area (Å²) in [4.78, 5) is 0. The van der Waals surface area contributed by atoms with E-state index in [1.807, 2.05) is 6.07 Å². The number of hydrogen-bond donors (Lipinski definition) is 0. The molecular weight excluding hydrogens is 496 g/mol. The third-order valence-electron chi connectivity index (χ3n) is 8.70. The van der Waals surface area contributed by atoms with Crippen LogP contribution in [0, 0.1) is 28.1 Å². The smallest absolute Gasteiger partial charge is 0.133 e. The first-order valence-electron chi connectivity index (χ1n) is 13.4. The molecule has 2 aromatic rings. The van der Waals surface area contributed by atoms with Crippen LogP contribution in [-0.4, -0.2) is 6.61 Å². The van der Waals surface area contributed by atoms with Crippen molar-refractivity contribution in [1.29, 1.82) is 10.5 Å². The van der Waals surface area contributed by atoms with Crippen molar-refractivity contribution < 1.29 is 4.74 Å². The summed E-state index contributed by atoms with van der Waals surface area (Å²) in [5.74, 6) is 0.873. The van der Waals surface area contributed by atoms with Crippen LogP contribution in [0.5, 0.6) is 5.75 Å². The van der Waals surface area contributed by atoms with Gasteiger partial charge in [-0.2, -0.15) is 10.5 Å². The molecule has 35 heavy (non-hydrogen) atoms. The van der Waals surface area contributed by atoms with Crippen molar-refractivity contribution in [2.45, 2.75) is 96.3 Å². The average molecular weight is 534 g/mol. The van der Waals surface area contributed by atoms with Gasteiger partial charge in [-0.3, -0.25) is 0 Å². The minimum absolute atomic E-state index is 0.0865. The van der Waals surface area contributed by atoms with Crippen molar-refractivity contribution in [3.63, 3.8) is 0 Å². The van der Waals surface area contributed by atoms with Gasteiger partial charge in [-0.05, 0) is 120 Å². The highest BCUT2D eigenvalue weighted by atomic mass is 79.9. The topological polar surface area (TPSA) is 56.8 Å². The summed E-state index contributed by atoms with van der Waals surface area (Å²) in [5.41, 5.74) is 5.16. The molecule has 2 aromatic carbocycles. The van der Waals surface area contributed by atoms with Gasteiger partial charge in [0.15, 0.2) is 0 Å². The van der Waals surface area contributed by atoms with E-state index in [1.54, 1.807) is 0 Å². The Kier molecular flexibility index (Phi) is 8.23. The lowest BCUT2D eigenvalue weighted by Crippen LogP contribution is -2.44. The summed E-state index contributed by atoms with van der Waals surface area (Å²) >= 11 is 3.64. The number of ether oxygens (including phenoxy) is 1. The number of fused-ring (bicyclic) bond motifs is 3. The molecule has 3 aliphatic carbocycles. The molecule has 0 amide bonds. The molecule has 3 aliphatic rings. The average Bonchev–Trinajstić information content (AvgIpc) is 2.89. The van der Waals surface area contributed by atoms with Gasteiger partial charge < -0.3 is 4.74 Å². The molecule has 4 heteroatoms. The fourth-order valence-corrected chi connectivity index (χ4v) is 7.08. The fourth-order valence-electron chi connectivity index (χ4n) is 6.53. The Bertz CT molecular complexity index is 1120. The molecule has 0 N–H and O–H groups in total. The summed E-state index contributed by atoms with van der Waals surface area (Å²) in [6, 6.07) is 15.4. The second-order valence-corrected chi connectivity index (χ2v) is 11.6. The number of nitriles is 2. The Morgan fingerprint density at radius 2 is 1.60 bits per heavy atom. The summed E-state index contributed by atoms with van der Waals surface area (Å²) in [7, 11) is 0. The van der Waals surface area contributed by atoms with Crippen LogP contribution in [0.1, 0.15) is 106 Å². The summed E-state index contributed by atoms with van der Waals surface area (Å²) in [6.07, 6.45) is 13.6. The predicted octanol–water partition coefficient (Wildman–Crippen LogP) is 8.55. The predicted molar refractivity (Wildman–Crippen MR) is 145 cm³/mol. The summed E-state index contributed by atoms with van der Waals surface area (Å²) < 4.78 is 6.81. The Balaban J connectivity index is 1.52. The zero-order chi connectivity index (χ0) is 24.9. The minimum Gasteiger partial charge on any atom is -0.492 e. The van der Waals surface area contributed by atoms with E-state index in [-0.39, 0.29) is 5.41 Å². The van der Waals surface area contributed by atoms with Crippen LogP contribution in [0.4, 0.5) is 0 Å². The maximum atomic E-state index is 10.2. The molecule has 3 nitrogen and oxygen atoms in total. The number of unbranched alkanes of at least 4 members (excludes halogenated alkanes) is 1. The molecular formula is C31H37BrN2O. The van der Waals surface area contributed by atoms with Gasteiger partial charge in [0.05, 0.1) is 22.2 Å². The molecule has 3 saturated carbocycles. The van der Waals surface area contributed by atoms with Gasteiger partial charge in [0.1, 0.15) is 17.9 Å². The van der Waals surface area contributed by atoms with Crippen LogP contribution < -0.4 is 4.74 Å². The first-order chi connectivity index (χ1) is 17.0. The van der Waals surface area contributed by atoms with Gasteiger partial charge in [-0.15, -0.1) is 0 Å². The van der Waals surface area contributed by atoms with Gasteiger partial charge in [-0.1, -0.05) is 44.9 Å². The van der Waals surface area contributed by atoms with E-state index in [2.05, 4.69) is 66.2 Å². The van der Waals surface area contributed by atoms with Crippen molar-refractivity contribution >= 4 is 15.9 Å². The third kappa shape index (κ3) is 5.29. The molecule has 0 aromatic heterocycles. The standard InChI is InChI=1S/C31H37BrN2O/c1-3-5-19-35-29-11-7-23(20-28(29)32)6-8-24-9-10-27(26(22-34)25(24)21-33)31-16-13-30(12-4-2,14-17-31)15-18-31/h7,9-11,20H,3-6,8,12-19H2,1-2H3. The Hall–Kier alpha value is -2.30. The normalized spacial score (nSPS) is 23.0. The molecule has 3 fully saturated rings. The molecule has 0 radical (unpaired) electrons. The fraction of sp³-hybridized carbons (Fsp3) is 0.548. The highest BCUT2D eigenvalue weighted by Gasteiger charge is 2.49. The van der Waals surface area contributed by atoms with Gasteiger partial charge in [0, 0.05) is 0 Å². The van der Waals surface area contributed by atoms with E-state index in [4.69, 9.17) is 4.74 Å². The maximum absolute atomic E-state index is 10.2. The quantitative estimate of drug-likeness (QED) is 0.288. The van der Waals surface area contributed by atoms with Crippen molar-refractivity contribution in [1.82, 2.24) is 0 Å². The van der Waals surface area contributed by atoms with Crippen molar-refractivity contribution in [3.05, 3.63) is 62.6 Å². The lowest BCUT2D eigenvalue weighted by atomic mass is 9.50. The molecule has 184 valence electrons. The molecule has 0 atom stereocenters. The second-order valence-electron chi connectivity index (χ2n) is 10.7. The number of rotatable bonds is 10. The van der Waals surface area contributed by atoms with Crippen LogP contribution in [-0.2, 0) is 18.3 Å². The van der Waals surface area contributed by atoms with Gasteiger partial charge in [0.25, 0.3) is 0 Å². The number of benzene rings is 2. The van der Waals surface area contributed by atoms with E-state index in [0.29, 0.717) is 16.5 Å². The number of hydrogen-bond acceptors (Lipinski definition) is 3. The summed E-state index contributed by atoms with van der Waals surface area (Å²) in [6.45, 7) is 5.18. The number of halogens is 1. The zero-order valence-corrected chi connectivity index (χ0v) is 22.8. The minimum atomic E-state index is 0.0865. The van der Waals surface area contributed by atoms with Crippen LogP contribution in [0.25, 0.3) is 0 Å². The molecule has 2 bridgehead atoms. The van der Waals surface area contributed by atoms with Crippen molar-refractivity contribution in [2.24, 2.45) is 5.41 Å². The zero-order valence-electron chi connectivity index (χ0n) is 21.3. The number of aryl methyl sites for hydroxylation is 2. The van der Waals surface area contributed by atoms with Gasteiger partial charge in [0.2, 0.25) is 0 Å². The maximum Gasteiger partial charge on any atom is 0.133 e. The van der Waals surface area contributed by atoms with Gasteiger partial charge in [-0.25, -0.2) is 0 Å². The Labute approximate surface area is 219 Å². The Morgan fingerprint density at radius 1 is 0.886 bits per heavy atom.